The van der Waals surface area contributed by atoms with E-state index in [1.807, 2.05) is 0 Å². The quantitative estimate of drug-likeness (QED) is 0.806. The van der Waals surface area contributed by atoms with E-state index in [4.69, 9.17) is 0 Å². The van der Waals surface area contributed by atoms with E-state index in [0.717, 1.165) is 0 Å². The van der Waals surface area contributed by atoms with Crippen molar-refractivity contribution < 1.29 is 18.7 Å². The molecule has 0 spiro atoms. The number of carbonyl (C=O) groups excluding carboxylic acids is 2. The molecule has 0 aromatic heterocycles. The zero-order valence-corrected chi connectivity index (χ0v) is 10.2. The highest BCUT2D eigenvalue weighted by Crippen LogP contribution is 2.11. The van der Waals surface area contributed by atoms with Gasteiger partial charge < -0.3 is 15.4 Å². The van der Waals surface area contributed by atoms with Crippen LogP contribution in [0, 0.1) is 5.82 Å². The molecule has 1 aromatic carbocycles. The molecule has 0 saturated heterocycles. The molecule has 0 bridgehead atoms. The van der Waals surface area contributed by atoms with Crippen molar-refractivity contribution in [3.8, 4) is 0 Å². The number of halogens is 1. The summed E-state index contributed by atoms with van der Waals surface area (Å²) in [6.07, 6.45) is 0.0567. The summed E-state index contributed by atoms with van der Waals surface area (Å²) in [5, 5.41) is 4.86. The van der Waals surface area contributed by atoms with Gasteiger partial charge in [-0.3, -0.25) is 4.79 Å². The fraction of sp³-hybridized carbons (Fsp3) is 0.333. The third-order valence-corrected chi connectivity index (χ3v) is 2.20. The van der Waals surface area contributed by atoms with Gasteiger partial charge in [0.15, 0.2) is 0 Å². The Balaban J connectivity index is 2.47. The van der Waals surface area contributed by atoms with E-state index in [9.17, 15) is 14.0 Å². The molecule has 1 aromatic rings. The maximum Gasteiger partial charge on any atom is 0.319 e. The Morgan fingerprint density at radius 2 is 2.06 bits per heavy atom. The normalized spacial score (nSPS) is 11.5. The van der Waals surface area contributed by atoms with Gasteiger partial charge in [0.1, 0.15) is 5.82 Å². The van der Waals surface area contributed by atoms with E-state index in [2.05, 4.69) is 15.4 Å². The summed E-state index contributed by atoms with van der Waals surface area (Å²) in [5.41, 5.74) is 0.0836. The monoisotopic (exact) mass is 254 g/mol. The Kier molecular flexibility index (Phi) is 5.10. The Hall–Kier alpha value is -2.11. The third kappa shape index (κ3) is 4.40. The van der Waals surface area contributed by atoms with Crippen LogP contribution >= 0.6 is 0 Å². The summed E-state index contributed by atoms with van der Waals surface area (Å²) in [7, 11) is 1.27. The zero-order chi connectivity index (χ0) is 13.5. The lowest BCUT2D eigenvalue weighted by atomic mass is 10.2. The minimum absolute atomic E-state index is 0.0567. The molecule has 0 radical (unpaired) electrons. The molecule has 2 amide bonds. The number of urea groups is 1. The lowest BCUT2D eigenvalue weighted by molar-refractivity contribution is -0.141. The van der Waals surface area contributed by atoms with E-state index in [0.29, 0.717) is 0 Å². The first-order valence-corrected chi connectivity index (χ1v) is 5.41. The highest BCUT2D eigenvalue weighted by atomic mass is 19.1. The molecule has 1 atom stereocenters. The summed E-state index contributed by atoms with van der Waals surface area (Å²) in [4.78, 5) is 22.5. The van der Waals surface area contributed by atoms with E-state index < -0.39 is 23.9 Å². The molecule has 98 valence electrons. The molecule has 0 aliphatic carbocycles. The Morgan fingerprint density at radius 1 is 1.39 bits per heavy atom. The van der Waals surface area contributed by atoms with Crippen LogP contribution in [0.5, 0.6) is 0 Å². The second kappa shape index (κ2) is 6.58. The molecule has 0 fully saturated rings. The van der Waals surface area contributed by atoms with Crippen molar-refractivity contribution in [3.05, 3.63) is 30.1 Å². The van der Waals surface area contributed by atoms with Gasteiger partial charge in [-0.25, -0.2) is 9.18 Å². The first kappa shape index (κ1) is 14.0. The first-order valence-electron chi connectivity index (χ1n) is 5.41. The Labute approximate surface area is 104 Å². The summed E-state index contributed by atoms with van der Waals surface area (Å²) >= 11 is 0. The van der Waals surface area contributed by atoms with E-state index >= 15 is 0 Å². The van der Waals surface area contributed by atoms with Crippen LogP contribution in [0.1, 0.15) is 13.3 Å². The van der Waals surface area contributed by atoms with Gasteiger partial charge in [0.2, 0.25) is 0 Å². The van der Waals surface area contributed by atoms with E-state index in [1.165, 1.54) is 25.3 Å². The molecule has 0 aliphatic rings. The van der Waals surface area contributed by atoms with Gasteiger partial charge in [-0.15, -0.1) is 0 Å². The van der Waals surface area contributed by atoms with Crippen molar-refractivity contribution in [1.82, 2.24) is 5.32 Å². The maximum atomic E-state index is 13.2. The number of benzene rings is 1. The number of methoxy groups -OCH3 is 1. The van der Waals surface area contributed by atoms with E-state index in [1.54, 1.807) is 13.0 Å². The maximum absolute atomic E-state index is 13.2. The summed E-state index contributed by atoms with van der Waals surface area (Å²) in [6, 6.07) is 4.85. The third-order valence-electron chi connectivity index (χ3n) is 2.20. The second-order valence-corrected chi connectivity index (χ2v) is 3.76. The molecule has 1 unspecified atom stereocenters. The molecule has 5 nitrogen and oxygen atoms in total. The van der Waals surface area contributed by atoms with Crippen LogP contribution in [0.15, 0.2) is 24.3 Å². The number of ether oxygens (including phenoxy) is 1. The lowest BCUT2D eigenvalue weighted by Gasteiger charge is -2.13. The molecule has 1 rings (SSSR count). The number of para-hydroxylation sites is 1. The molecule has 0 aliphatic heterocycles. The smallest absolute Gasteiger partial charge is 0.319 e. The van der Waals surface area contributed by atoms with Crippen molar-refractivity contribution in [2.75, 3.05) is 12.4 Å². The molecular weight excluding hydrogens is 239 g/mol. The molecule has 0 saturated carbocycles. The largest absolute Gasteiger partial charge is 0.469 e. The molecule has 18 heavy (non-hydrogen) atoms. The molecule has 0 heterocycles. The van der Waals surface area contributed by atoms with Gasteiger partial charge in [0, 0.05) is 6.04 Å². The van der Waals surface area contributed by atoms with Crippen molar-refractivity contribution >= 4 is 17.7 Å². The van der Waals surface area contributed by atoms with Crippen LogP contribution in [0.2, 0.25) is 0 Å². The highest BCUT2D eigenvalue weighted by Gasteiger charge is 2.12. The van der Waals surface area contributed by atoms with Crippen LogP contribution in [0.4, 0.5) is 14.9 Å². The van der Waals surface area contributed by atoms with Crippen LogP contribution in [-0.4, -0.2) is 25.2 Å². The molecule has 6 heteroatoms. The van der Waals surface area contributed by atoms with Crippen molar-refractivity contribution in [2.45, 2.75) is 19.4 Å². The van der Waals surface area contributed by atoms with Gasteiger partial charge in [0.25, 0.3) is 0 Å². The van der Waals surface area contributed by atoms with Crippen molar-refractivity contribution in [1.29, 1.82) is 0 Å². The van der Waals surface area contributed by atoms with Crippen molar-refractivity contribution in [3.63, 3.8) is 0 Å². The first-order chi connectivity index (χ1) is 8.52. The predicted octanol–water partition coefficient (Wildman–Crippen LogP) is 1.90. The average molecular weight is 254 g/mol. The number of anilines is 1. The second-order valence-electron chi connectivity index (χ2n) is 3.76. The van der Waals surface area contributed by atoms with Gasteiger partial charge in [-0.2, -0.15) is 0 Å². The number of nitrogens with one attached hydrogen (secondary N) is 2. The van der Waals surface area contributed by atoms with Crippen LogP contribution in [0.25, 0.3) is 0 Å². The van der Waals surface area contributed by atoms with Gasteiger partial charge >= 0.3 is 12.0 Å². The molecule has 2 N–H and O–H groups in total. The van der Waals surface area contributed by atoms with Crippen LogP contribution in [-0.2, 0) is 9.53 Å². The fourth-order valence-electron chi connectivity index (χ4n) is 1.33. The lowest BCUT2D eigenvalue weighted by Crippen LogP contribution is -2.37. The van der Waals surface area contributed by atoms with Gasteiger partial charge in [-0.1, -0.05) is 12.1 Å². The number of esters is 1. The topological polar surface area (TPSA) is 67.4 Å². The fourth-order valence-corrected chi connectivity index (χ4v) is 1.33. The minimum atomic E-state index is -0.573. The Bertz CT molecular complexity index is 437. The Morgan fingerprint density at radius 3 is 2.67 bits per heavy atom. The van der Waals surface area contributed by atoms with Crippen LogP contribution in [0.3, 0.4) is 0 Å². The summed E-state index contributed by atoms with van der Waals surface area (Å²) in [6.45, 7) is 1.65. The minimum Gasteiger partial charge on any atom is -0.469 e. The number of carbonyl (C=O) groups is 2. The summed E-state index contributed by atoms with van der Waals surface area (Å²) in [5.74, 6) is -0.943. The van der Waals surface area contributed by atoms with Gasteiger partial charge in [0.05, 0.1) is 19.2 Å². The number of amides is 2. The highest BCUT2D eigenvalue weighted by molar-refractivity contribution is 5.89. The summed E-state index contributed by atoms with van der Waals surface area (Å²) < 4.78 is 17.7. The van der Waals surface area contributed by atoms with Crippen LogP contribution < -0.4 is 10.6 Å². The SMILES string of the molecule is COC(=O)CC(C)NC(=O)Nc1ccccc1F. The molecular formula is C12H15FN2O3. The average Bonchev–Trinajstić information content (AvgIpc) is 2.31. The number of rotatable bonds is 4. The number of hydrogen-bond acceptors (Lipinski definition) is 3. The van der Waals surface area contributed by atoms with E-state index in [-0.39, 0.29) is 12.1 Å². The zero-order valence-electron chi connectivity index (χ0n) is 10.2. The van der Waals surface area contributed by atoms with Crippen molar-refractivity contribution in [2.24, 2.45) is 0 Å². The van der Waals surface area contributed by atoms with Gasteiger partial charge in [-0.05, 0) is 19.1 Å². The predicted molar refractivity (Wildman–Crippen MR) is 64.6 cm³/mol. The standard InChI is InChI=1S/C12H15FN2O3/c1-8(7-11(16)18-2)14-12(17)15-10-6-4-3-5-9(10)13/h3-6,8H,7H2,1-2H3,(H2,14,15,17). The number of hydrogen-bond donors (Lipinski definition) is 2.